The molecular formula is C14H22N2O4. The van der Waals surface area contributed by atoms with Crippen LogP contribution in [0.5, 0.6) is 0 Å². The lowest BCUT2D eigenvalue weighted by molar-refractivity contribution is -0.144. The molecule has 0 radical (unpaired) electrons. The Morgan fingerprint density at radius 2 is 2.15 bits per heavy atom. The van der Waals surface area contributed by atoms with E-state index >= 15 is 0 Å². The molecule has 20 heavy (non-hydrogen) atoms. The predicted octanol–water partition coefficient (Wildman–Crippen LogP) is 2.61. The van der Waals surface area contributed by atoms with Crippen LogP contribution in [0.15, 0.2) is 4.52 Å². The lowest BCUT2D eigenvalue weighted by Gasteiger charge is -2.16. The Balaban J connectivity index is 2.18. The summed E-state index contributed by atoms with van der Waals surface area (Å²) in [6.07, 6.45) is 4.03. The number of hydrogen-bond acceptors (Lipinski definition) is 6. The first-order valence-electron chi connectivity index (χ1n) is 7.20. The van der Waals surface area contributed by atoms with Crippen LogP contribution in [-0.2, 0) is 14.3 Å². The minimum Gasteiger partial charge on any atom is -0.468 e. The molecule has 1 fully saturated rings. The van der Waals surface area contributed by atoms with Crippen LogP contribution in [0.3, 0.4) is 0 Å². The van der Waals surface area contributed by atoms with Crippen molar-refractivity contribution < 1.29 is 18.8 Å². The fourth-order valence-electron chi connectivity index (χ4n) is 2.78. The van der Waals surface area contributed by atoms with Gasteiger partial charge in [0.2, 0.25) is 5.89 Å². The predicted molar refractivity (Wildman–Crippen MR) is 71.1 cm³/mol. The Labute approximate surface area is 118 Å². The summed E-state index contributed by atoms with van der Waals surface area (Å²) < 4.78 is 15.6. The van der Waals surface area contributed by atoms with Crippen molar-refractivity contribution in [2.45, 2.75) is 51.6 Å². The number of carbonyl (C=O) groups excluding carboxylic acids is 1. The molecule has 6 nitrogen and oxygen atoms in total. The van der Waals surface area contributed by atoms with Crippen LogP contribution in [0.25, 0.3) is 0 Å². The maximum atomic E-state index is 12.0. The van der Waals surface area contributed by atoms with Crippen molar-refractivity contribution in [1.29, 1.82) is 0 Å². The number of aromatic nitrogens is 2. The second kappa shape index (κ2) is 6.83. The third kappa shape index (κ3) is 3.17. The van der Waals surface area contributed by atoms with Crippen molar-refractivity contribution in [3.8, 4) is 0 Å². The highest BCUT2D eigenvalue weighted by Crippen LogP contribution is 2.37. The maximum absolute atomic E-state index is 12.0. The molecule has 0 N–H and O–H groups in total. The third-order valence-corrected chi connectivity index (χ3v) is 3.83. The minimum absolute atomic E-state index is 0.234. The quantitative estimate of drug-likeness (QED) is 0.747. The van der Waals surface area contributed by atoms with Gasteiger partial charge < -0.3 is 14.0 Å². The van der Waals surface area contributed by atoms with Crippen molar-refractivity contribution in [2.75, 3.05) is 13.7 Å². The van der Waals surface area contributed by atoms with E-state index in [4.69, 9.17) is 14.0 Å². The van der Waals surface area contributed by atoms with Crippen LogP contribution >= 0.6 is 0 Å². The molecule has 1 heterocycles. The Kier molecular flexibility index (Phi) is 5.11. The summed E-state index contributed by atoms with van der Waals surface area (Å²) >= 11 is 0. The molecule has 1 aromatic rings. The molecule has 1 aliphatic carbocycles. The van der Waals surface area contributed by atoms with E-state index in [2.05, 4.69) is 10.1 Å². The van der Waals surface area contributed by atoms with Crippen LogP contribution in [-0.4, -0.2) is 29.8 Å². The van der Waals surface area contributed by atoms with Crippen molar-refractivity contribution in [2.24, 2.45) is 5.92 Å². The van der Waals surface area contributed by atoms with Gasteiger partial charge in [-0.1, -0.05) is 18.0 Å². The fraction of sp³-hybridized carbons (Fsp3) is 0.786. The van der Waals surface area contributed by atoms with Gasteiger partial charge in [0.05, 0.1) is 7.11 Å². The first-order valence-corrected chi connectivity index (χ1v) is 7.20. The number of carbonyl (C=O) groups is 1. The summed E-state index contributed by atoms with van der Waals surface area (Å²) in [6, 6.07) is 0. The molecule has 2 rings (SSSR count). The van der Waals surface area contributed by atoms with Gasteiger partial charge in [-0.15, -0.1) is 0 Å². The van der Waals surface area contributed by atoms with Gasteiger partial charge in [0, 0.05) is 6.61 Å². The monoisotopic (exact) mass is 282 g/mol. The summed E-state index contributed by atoms with van der Waals surface area (Å²) in [5.74, 6) is 0.325. The van der Waals surface area contributed by atoms with E-state index in [0.717, 1.165) is 25.7 Å². The van der Waals surface area contributed by atoms with Crippen molar-refractivity contribution in [3.63, 3.8) is 0 Å². The number of methoxy groups -OCH3 is 1. The molecule has 0 spiro atoms. The van der Waals surface area contributed by atoms with E-state index in [1.54, 1.807) is 0 Å². The van der Waals surface area contributed by atoms with Gasteiger partial charge in [-0.25, -0.2) is 0 Å². The Morgan fingerprint density at radius 1 is 1.45 bits per heavy atom. The Hall–Kier alpha value is -1.43. The molecule has 0 aromatic carbocycles. The zero-order valence-electron chi connectivity index (χ0n) is 12.3. The van der Waals surface area contributed by atoms with E-state index in [0.29, 0.717) is 18.3 Å². The summed E-state index contributed by atoms with van der Waals surface area (Å²) in [5, 5.41) is 3.92. The maximum Gasteiger partial charge on any atom is 0.318 e. The summed E-state index contributed by atoms with van der Waals surface area (Å²) in [7, 11) is 1.39. The van der Waals surface area contributed by atoms with Crippen LogP contribution in [0.1, 0.15) is 63.3 Å². The molecule has 112 valence electrons. The smallest absolute Gasteiger partial charge is 0.318 e. The largest absolute Gasteiger partial charge is 0.468 e. The van der Waals surface area contributed by atoms with E-state index < -0.39 is 5.92 Å². The van der Waals surface area contributed by atoms with Gasteiger partial charge >= 0.3 is 5.97 Å². The summed E-state index contributed by atoms with van der Waals surface area (Å²) in [5.41, 5.74) is 0. The molecule has 1 aromatic heterocycles. The molecular weight excluding hydrogens is 260 g/mol. The van der Waals surface area contributed by atoms with E-state index in [1.807, 2.05) is 13.8 Å². The highest BCUT2D eigenvalue weighted by atomic mass is 16.5. The van der Waals surface area contributed by atoms with Gasteiger partial charge in [-0.3, -0.25) is 4.79 Å². The molecule has 0 bridgehead atoms. The molecule has 0 aliphatic heterocycles. The summed E-state index contributed by atoms with van der Waals surface area (Å²) in [6.45, 7) is 4.35. The molecule has 2 atom stereocenters. The number of esters is 1. The van der Waals surface area contributed by atoms with Gasteiger partial charge in [0.25, 0.3) is 0 Å². The molecule has 0 saturated heterocycles. The molecule has 6 heteroatoms. The highest BCUT2D eigenvalue weighted by Gasteiger charge is 2.37. The van der Waals surface area contributed by atoms with Crippen LogP contribution in [0, 0.1) is 5.92 Å². The average molecular weight is 282 g/mol. The average Bonchev–Trinajstić information content (AvgIpc) is 3.11. The summed E-state index contributed by atoms with van der Waals surface area (Å²) in [4.78, 5) is 16.4. The first-order chi connectivity index (χ1) is 9.67. The van der Waals surface area contributed by atoms with E-state index in [1.165, 1.54) is 7.11 Å². The van der Waals surface area contributed by atoms with E-state index in [-0.39, 0.29) is 18.0 Å². The second-order valence-electron chi connectivity index (χ2n) is 5.13. The van der Waals surface area contributed by atoms with Crippen molar-refractivity contribution in [1.82, 2.24) is 10.1 Å². The topological polar surface area (TPSA) is 74.5 Å². The lowest BCUT2D eigenvalue weighted by Crippen LogP contribution is -2.22. The zero-order chi connectivity index (χ0) is 14.5. The molecule has 1 saturated carbocycles. The van der Waals surface area contributed by atoms with Gasteiger partial charge in [-0.2, -0.15) is 4.98 Å². The first kappa shape index (κ1) is 15.0. The molecule has 0 amide bonds. The van der Waals surface area contributed by atoms with Gasteiger partial charge in [-0.05, 0) is 32.6 Å². The van der Waals surface area contributed by atoms with Crippen molar-refractivity contribution in [3.05, 3.63) is 11.7 Å². The lowest BCUT2D eigenvalue weighted by atomic mass is 9.91. The SMILES string of the molecule is CCOC(C)c1noc(C(C(=O)OC)C2CCCC2)n1. The number of ether oxygens (including phenoxy) is 2. The molecule has 1 aliphatic rings. The minimum atomic E-state index is -0.447. The second-order valence-corrected chi connectivity index (χ2v) is 5.13. The Morgan fingerprint density at radius 3 is 2.75 bits per heavy atom. The van der Waals surface area contributed by atoms with Crippen LogP contribution in [0.2, 0.25) is 0 Å². The van der Waals surface area contributed by atoms with Crippen molar-refractivity contribution >= 4 is 5.97 Å². The standard InChI is InChI=1S/C14H22N2O4/c1-4-19-9(2)12-15-13(20-16-12)11(14(17)18-3)10-7-5-6-8-10/h9-11H,4-8H2,1-3H3. The fourth-order valence-corrected chi connectivity index (χ4v) is 2.78. The number of rotatable bonds is 6. The highest BCUT2D eigenvalue weighted by molar-refractivity contribution is 5.77. The normalized spacial score (nSPS) is 18.9. The van der Waals surface area contributed by atoms with Gasteiger partial charge in [0.15, 0.2) is 5.82 Å². The number of hydrogen-bond donors (Lipinski definition) is 0. The third-order valence-electron chi connectivity index (χ3n) is 3.83. The van der Waals surface area contributed by atoms with Gasteiger partial charge in [0.1, 0.15) is 12.0 Å². The van der Waals surface area contributed by atoms with E-state index in [9.17, 15) is 4.79 Å². The zero-order valence-corrected chi connectivity index (χ0v) is 12.3. The van der Waals surface area contributed by atoms with Crippen LogP contribution in [0.4, 0.5) is 0 Å². The molecule has 2 unspecified atom stereocenters. The van der Waals surface area contributed by atoms with Crippen LogP contribution < -0.4 is 0 Å². The number of nitrogens with zero attached hydrogens (tertiary/aromatic N) is 2. The Bertz CT molecular complexity index is 440.